The van der Waals surface area contributed by atoms with Gasteiger partial charge in [-0.1, -0.05) is 24.3 Å². The van der Waals surface area contributed by atoms with Crippen LogP contribution in [0.25, 0.3) is 27.4 Å². The molecule has 2 N–H and O–H groups in total. The van der Waals surface area contributed by atoms with Crippen molar-refractivity contribution in [3.63, 3.8) is 0 Å². The van der Waals surface area contributed by atoms with Crippen LogP contribution >= 0.6 is 0 Å². The molecule has 1 fully saturated rings. The molecule has 0 bridgehead atoms. The molecule has 45 heavy (non-hydrogen) atoms. The van der Waals surface area contributed by atoms with Crippen molar-refractivity contribution in [1.29, 1.82) is 0 Å². The third kappa shape index (κ3) is 6.27. The highest BCUT2D eigenvalue weighted by molar-refractivity contribution is 6.02. The number of aromatic nitrogens is 1. The topological polar surface area (TPSA) is 94.1 Å². The number of carbonyl (C=O) groups is 1. The SMILES string of the molecule is CCOC(CCCNc1c(F)cc2c(=O)c(C(=O)NCCC3CCCN3C)cn3c2c1Oc1cc2ccccc2cc1-3)OCC. The number of carbonyl (C=O) groups excluding carboxylic acids is 1. The van der Waals surface area contributed by atoms with Gasteiger partial charge in [0.25, 0.3) is 5.91 Å². The number of hydrogen-bond acceptors (Lipinski definition) is 7. The van der Waals surface area contributed by atoms with E-state index in [1.807, 2.05) is 50.2 Å². The van der Waals surface area contributed by atoms with Gasteiger partial charge in [-0.05, 0) is 82.1 Å². The fourth-order valence-corrected chi connectivity index (χ4v) is 6.49. The smallest absolute Gasteiger partial charge is 0.256 e. The van der Waals surface area contributed by atoms with Gasteiger partial charge in [-0.2, -0.15) is 0 Å². The van der Waals surface area contributed by atoms with Crippen molar-refractivity contribution in [2.45, 2.75) is 58.3 Å². The highest BCUT2D eigenvalue weighted by Crippen LogP contribution is 2.46. The van der Waals surface area contributed by atoms with Crippen molar-refractivity contribution >= 4 is 33.3 Å². The third-order valence-corrected chi connectivity index (χ3v) is 8.80. The molecule has 0 saturated carbocycles. The van der Waals surface area contributed by atoms with Gasteiger partial charge >= 0.3 is 0 Å². The normalized spacial score (nSPS) is 15.9. The van der Waals surface area contributed by atoms with E-state index in [9.17, 15) is 9.59 Å². The van der Waals surface area contributed by atoms with Crippen LogP contribution in [0.2, 0.25) is 0 Å². The summed E-state index contributed by atoms with van der Waals surface area (Å²) in [5.74, 6) is -0.378. The number of nitrogens with one attached hydrogen (secondary N) is 2. The molecule has 3 aromatic carbocycles. The standard InChI is InChI=1S/C35H41FN4O5/c1-4-43-30(44-5-2)13-8-15-37-31-27(36)20-25-32-34(31)45-29-19-23-11-7-6-10-22(23)18-28(29)40(32)21-26(33(25)41)35(42)38-16-14-24-12-9-17-39(24)3/h6-7,10-11,18-21,24,30,37H,4-5,8-9,12-17H2,1-3H3,(H,38,42). The van der Waals surface area contributed by atoms with E-state index in [-0.39, 0.29) is 28.7 Å². The van der Waals surface area contributed by atoms with Crippen molar-refractivity contribution in [3.05, 3.63) is 70.3 Å². The first kappa shape index (κ1) is 31.0. The number of halogens is 1. The lowest BCUT2D eigenvalue weighted by molar-refractivity contribution is -0.139. The van der Waals surface area contributed by atoms with Gasteiger partial charge in [-0.15, -0.1) is 0 Å². The van der Waals surface area contributed by atoms with E-state index in [1.54, 1.807) is 10.8 Å². The van der Waals surface area contributed by atoms with Crippen LogP contribution in [0.3, 0.4) is 0 Å². The molecule has 2 aliphatic rings. The molecule has 1 saturated heterocycles. The maximum absolute atomic E-state index is 15.9. The Labute approximate surface area is 262 Å². The lowest BCUT2D eigenvalue weighted by Gasteiger charge is -2.27. The average Bonchev–Trinajstić information content (AvgIpc) is 3.44. The predicted octanol–water partition coefficient (Wildman–Crippen LogP) is 6.19. The van der Waals surface area contributed by atoms with Gasteiger partial charge in [0.05, 0.1) is 11.1 Å². The minimum absolute atomic E-state index is 0.0350. The second-order valence-electron chi connectivity index (χ2n) is 11.7. The first-order valence-corrected chi connectivity index (χ1v) is 16.0. The summed E-state index contributed by atoms with van der Waals surface area (Å²) in [6, 6.07) is 13.4. The molecule has 238 valence electrons. The van der Waals surface area contributed by atoms with Crippen molar-refractivity contribution in [2.24, 2.45) is 0 Å². The Morgan fingerprint density at radius 3 is 2.58 bits per heavy atom. The lowest BCUT2D eigenvalue weighted by atomic mass is 10.0. The largest absolute Gasteiger partial charge is 0.451 e. The Morgan fingerprint density at radius 2 is 1.87 bits per heavy atom. The zero-order valence-corrected chi connectivity index (χ0v) is 26.2. The van der Waals surface area contributed by atoms with E-state index in [1.165, 1.54) is 6.07 Å². The quantitative estimate of drug-likeness (QED) is 0.120. The van der Waals surface area contributed by atoms with Gasteiger partial charge in [-0.25, -0.2) is 4.39 Å². The molecule has 1 unspecified atom stereocenters. The first-order valence-electron chi connectivity index (χ1n) is 16.0. The van der Waals surface area contributed by atoms with Crippen LogP contribution in [0.1, 0.15) is 56.3 Å². The molecule has 0 aliphatic carbocycles. The fourth-order valence-electron chi connectivity index (χ4n) is 6.49. The highest BCUT2D eigenvalue weighted by atomic mass is 19.1. The van der Waals surface area contributed by atoms with Crippen LogP contribution in [0.4, 0.5) is 10.1 Å². The summed E-state index contributed by atoms with van der Waals surface area (Å²) >= 11 is 0. The second-order valence-corrected chi connectivity index (χ2v) is 11.7. The van der Waals surface area contributed by atoms with E-state index < -0.39 is 17.2 Å². The average molecular weight is 617 g/mol. The van der Waals surface area contributed by atoms with Crippen molar-refractivity contribution in [2.75, 3.05) is 45.2 Å². The number of pyridine rings is 1. The summed E-state index contributed by atoms with van der Waals surface area (Å²) in [6.07, 6.45) is 5.57. The first-order chi connectivity index (χ1) is 21.9. The zero-order valence-electron chi connectivity index (χ0n) is 26.2. The molecule has 2 aliphatic heterocycles. The molecule has 4 aromatic rings. The van der Waals surface area contributed by atoms with Crippen LogP contribution in [0.5, 0.6) is 11.5 Å². The number of hydrogen-bond donors (Lipinski definition) is 2. The lowest BCUT2D eigenvalue weighted by Crippen LogP contribution is -2.34. The van der Waals surface area contributed by atoms with Crippen molar-refractivity contribution in [1.82, 2.24) is 14.8 Å². The minimum Gasteiger partial charge on any atom is -0.451 e. The van der Waals surface area contributed by atoms with Crippen LogP contribution < -0.4 is 20.8 Å². The minimum atomic E-state index is -0.626. The van der Waals surface area contributed by atoms with Crippen molar-refractivity contribution < 1.29 is 23.4 Å². The molecule has 1 amide bonds. The Bertz CT molecular complexity index is 1770. The fraction of sp³-hybridized carbons (Fsp3) is 0.429. The predicted molar refractivity (Wildman–Crippen MR) is 174 cm³/mol. The third-order valence-electron chi connectivity index (χ3n) is 8.80. The molecular formula is C35H41FN4O5. The number of anilines is 1. The van der Waals surface area contributed by atoms with E-state index >= 15 is 4.39 Å². The summed E-state index contributed by atoms with van der Waals surface area (Å²) in [5, 5.41) is 8.15. The highest BCUT2D eigenvalue weighted by Gasteiger charge is 2.29. The molecule has 0 radical (unpaired) electrons. The van der Waals surface area contributed by atoms with Gasteiger partial charge in [0.1, 0.15) is 16.8 Å². The van der Waals surface area contributed by atoms with Crippen LogP contribution in [0, 0.1) is 5.82 Å². The Balaban J connectivity index is 1.36. The maximum atomic E-state index is 15.9. The number of benzene rings is 3. The van der Waals surface area contributed by atoms with E-state index in [2.05, 4.69) is 22.6 Å². The van der Waals surface area contributed by atoms with E-state index in [0.29, 0.717) is 62.1 Å². The summed E-state index contributed by atoms with van der Waals surface area (Å²) in [5.41, 5.74) is 0.676. The molecule has 10 heteroatoms. The van der Waals surface area contributed by atoms with Gasteiger partial charge in [0.15, 0.2) is 23.6 Å². The summed E-state index contributed by atoms with van der Waals surface area (Å²) < 4.78 is 35.3. The van der Waals surface area contributed by atoms with Crippen LogP contribution in [-0.2, 0) is 9.47 Å². The summed E-state index contributed by atoms with van der Waals surface area (Å²) in [6.45, 7) is 6.85. The number of fused-ring (bicyclic) bond motifs is 3. The van der Waals surface area contributed by atoms with Gasteiger partial charge in [0, 0.05) is 45.0 Å². The van der Waals surface area contributed by atoms with Crippen LogP contribution in [0.15, 0.2) is 53.5 Å². The Kier molecular flexibility index (Phi) is 9.34. The van der Waals surface area contributed by atoms with Gasteiger partial charge in [-0.3, -0.25) is 9.59 Å². The number of rotatable bonds is 13. The molecule has 3 heterocycles. The van der Waals surface area contributed by atoms with E-state index in [4.69, 9.17) is 14.2 Å². The van der Waals surface area contributed by atoms with Crippen molar-refractivity contribution in [3.8, 4) is 17.2 Å². The molecule has 6 rings (SSSR count). The molecule has 0 spiro atoms. The number of amides is 1. The summed E-state index contributed by atoms with van der Waals surface area (Å²) in [4.78, 5) is 29.5. The molecule has 1 aromatic heterocycles. The van der Waals surface area contributed by atoms with Gasteiger partial charge in [0.2, 0.25) is 5.43 Å². The van der Waals surface area contributed by atoms with Crippen LogP contribution in [-0.4, -0.2) is 67.6 Å². The number of nitrogens with zero attached hydrogens (tertiary/aromatic N) is 2. The number of ether oxygens (including phenoxy) is 3. The number of likely N-dealkylation sites (tertiary alicyclic amines) is 1. The Hall–Kier alpha value is -3.99. The van der Waals surface area contributed by atoms with E-state index in [0.717, 1.165) is 36.6 Å². The van der Waals surface area contributed by atoms with Gasteiger partial charge < -0.3 is 34.3 Å². The Morgan fingerprint density at radius 1 is 1.11 bits per heavy atom. The molecule has 1 atom stereocenters. The monoisotopic (exact) mass is 616 g/mol. The second kappa shape index (κ2) is 13.6. The molecular weight excluding hydrogens is 575 g/mol. The summed E-state index contributed by atoms with van der Waals surface area (Å²) in [7, 11) is 2.09. The zero-order chi connectivity index (χ0) is 31.5. The maximum Gasteiger partial charge on any atom is 0.256 e. The molecule has 9 nitrogen and oxygen atoms in total.